The lowest BCUT2D eigenvalue weighted by Gasteiger charge is -2.12. The molecular weight excluding hydrogens is 410 g/mol. The lowest BCUT2D eigenvalue weighted by Crippen LogP contribution is -2.14. The minimum atomic E-state index is -3.01. The van der Waals surface area contributed by atoms with Gasteiger partial charge in [0.1, 0.15) is 12.4 Å². The summed E-state index contributed by atoms with van der Waals surface area (Å²) in [5, 5.41) is 3.33. The molecule has 0 fully saturated rings. The third kappa shape index (κ3) is 6.56. The fraction of sp³-hybridized carbons (Fsp3) is 0.538. The molecule has 0 atom stereocenters. The minimum absolute atomic E-state index is 0.00564. The molecule has 1 aromatic carbocycles. The summed E-state index contributed by atoms with van der Waals surface area (Å²) in [7, 11) is -3.01. The molecule has 0 saturated carbocycles. The predicted octanol–water partition coefficient (Wildman–Crippen LogP) is 3.13. The van der Waals surface area contributed by atoms with Gasteiger partial charge in [-0.2, -0.15) is 0 Å². The summed E-state index contributed by atoms with van der Waals surface area (Å²) >= 11 is 6.91. The Balaban J connectivity index is 2.68. The highest BCUT2D eigenvalue weighted by molar-refractivity contribution is 9.11. The quantitative estimate of drug-likeness (QED) is 0.646. The summed E-state index contributed by atoms with van der Waals surface area (Å²) in [6.07, 6.45) is 2.29. The topological polar surface area (TPSA) is 55.4 Å². The first-order valence-electron chi connectivity index (χ1n) is 6.32. The largest absolute Gasteiger partial charge is 0.490 e. The fourth-order valence-electron chi connectivity index (χ4n) is 1.56. The Morgan fingerprint density at radius 3 is 2.35 bits per heavy atom. The molecular formula is C13H19Br2NO3S. The maximum absolute atomic E-state index is 11.1. The van der Waals surface area contributed by atoms with Crippen molar-refractivity contribution in [2.24, 2.45) is 0 Å². The average Bonchev–Trinajstić information content (AvgIpc) is 2.32. The van der Waals surface area contributed by atoms with Gasteiger partial charge in [0.25, 0.3) is 0 Å². The van der Waals surface area contributed by atoms with Crippen LogP contribution in [0.5, 0.6) is 5.75 Å². The summed E-state index contributed by atoms with van der Waals surface area (Å²) in [5.74, 6) is 0.638. The molecule has 0 radical (unpaired) electrons. The first-order valence-corrected chi connectivity index (χ1v) is 9.97. The smallest absolute Gasteiger partial charge is 0.150 e. The van der Waals surface area contributed by atoms with Crippen LogP contribution < -0.4 is 10.1 Å². The van der Waals surface area contributed by atoms with Gasteiger partial charge in [-0.1, -0.05) is 6.92 Å². The van der Waals surface area contributed by atoms with E-state index in [9.17, 15) is 8.42 Å². The van der Waals surface area contributed by atoms with Crippen LogP contribution in [-0.4, -0.2) is 33.6 Å². The molecule has 0 aliphatic rings. The molecule has 0 bridgehead atoms. The molecule has 20 heavy (non-hydrogen) atoms. The Morgan fingerprint density at radius 1 is 1.25 bits per heavy atom. The van der Waals surface area contributed by atoms with Crippen LogP contribution in [0.2, 0.25) is 0 Å². The number of halogens is 2. The van der Waals surface area contributed by atoms with Gasteiger partial charge in [-0.25, -0.2) is 8.42 Å². The van der Waals surface area contributed by atoms with Crippen LogP contribution in [0.1, 0.15) is 18.9 Å². The third-order valence-electron chi connectivity index (χ3n) is 2.51. The monoisotopic (exact) mass is 427 g/mol. The van der Waals surface area contributed by atoms with Crippen LogP contribution in [0.4, 0.5) is 0 Å². The maximum atomic E-state index is 11.1. The molecule has 1 N–H and O–H groups in total. The zero-order valence-electron chi connectivity index (χ0n) is 11.6. The van der Waals surface area contributed by atoms with E-state index < -0.39 is 9.84 Å². The predicted molar refractivity (Wildman–Crippen MR) is 89.0 cm³/mol. The molecule has 114 valence electrons. The van der Waals surface area contributed by atoms with Crippen molar-refractivity contribution in [3.05, 3.63) is 26.6 Å². The summed E-state index contributed by atoms with van der Waals surface area (Å²) in [5.41, 5.74) is 1.13. The van der Waals surface area contributed by atoms with Crippen molar-refractivity contribution in [1.29, 1.82) is 0 Å². The summed E-state index contributed by atoms with van der Waals surface area (Å²) < 4.78 is 29.3. The van der Waals surface area contributed by atoms with Crippen LogP contribution in [0.3, 0.4) is 0 Å². The summed E-state index contributed by atoms with van der Waals surface area (Å²) in [6.45, 7) is 4.03. The van der Waals surface area contributed by atoms with E-state index in [0.717, 1.165) is 34.0 Å². The van der Waals surface area contributed by atoms with Crippen LogP contribution in [-0.2, 0) is 16.4 Å². The first kappa shape index (κ1) is 17.9. The Kier molecular flexibility index (Phi) is 7.50. The van der Waals surface area contributed by atoms with Crippen molar-refractivity contribution < 1.29 is 13.2 Å². The van der Waals surface area contributed by atoms with E-state index in [0.29, 0.717) is 5.75 Å². The van der Waals surface area contributed by atoms with Gasteiger partial charge in [-0.05, 0) is 62.5 Å². The third-order valence-corrected chi connectivity index (χ3v) is 4.60. The van der Waals surface area contributed by atoms with E-state index >= 15 is 0 Å². The van der Waals surface area contributed by atoms with Gasteiger partial charge >= 0.3 is 0 Å². The number of hydrogen-bond donors (Lipinski definition) is 1. The van der Waals surface area contributed by atoms with Gasteiger partial charge in [0.05, 0.1) is 14.7 Å². The number of nitrogens with one attached hydrogen (secondary N) is 1. The van der Waals surface area contributed by atoms with Gasteiger partial charge in [0.2, 0.25) is 0 Å². The van der Waals surface area contributed by atoms with Crippen molar-refractivity contribution in [2.75, 3.05) is 25.2 Å². The van der Waals surface area contributed by atoms with Gasteiger partial charge < -0.3 is 10.1 Å². The van der Waals surface area contributed by atoms with Gasteiger partial charge in [-0.15, -0.1) is 0 Å². The molecule has 4 nitrogen and oxygen atoms in total. The van der Waals surface area contributed by atoms with E-state index in [2.05, 4.69) is 44.1 Å². The lowest BCUT2D eigenvalue weighted by molar-refractivity contribution is 0.336. The molecule has 0 unspecified atom stereocenters. The number of benzene rings is 1. The molecule has 0 saturated heterocycles. The van der Waals surface area contributed by atoms with Gasteiger partial charge in [-0.3, -0.25) is 0 Å². The molecule has 0 aromatic heterocycles. The second-order valence-corrected chi connectivity index (χ2v) is 8.51. The second kappa shape index (κ2) is 8.36. The Bertz CT molecular complexity index is 524. The fourth-order valence-corrected chi connectivity index (χ4v) is 3.45. The van der Waals surface area contributed by atoms with Crippen molar-refractivity contribution >= 4 is 41.7 Å². The molecule has 0 amide bonds. The summed E-state index contributed by atoms with van der Waals surface area (Å²) in [6, 6.07) is 3.95. The normalized spacial score (nSPS) is 11.6. The second-order valence-electron chi connectivity index (χ2n) is 4.54. The highest BCUT2D eigenvalue weighted by Gasteiger charge is 2.10. The lowest BCUT2D eigenvalue weighted by atomic mass is 10.2. The first-order chi connectivity index (χ1) is 9.33. The van der Waals surface area contributed by atoms with Crippen LogP contribution >= 0.6 is 31.9 Å². The van der Waals surface area contributed by atoms with E-state index in [1.165, 1.54) is 6.26 Å². The van der Waals surface area contributed by atoms with E-state index in [4.69, 9.17) is 4.74 Å². The van der Waals surface area contributed by atoms with E-state index in [1.54, 1.807) is 0 Å². The van der Waals surface area contributed by atoms with E-state index in [-0.39, 0.29) is 12.4 Å². The van der Waals surface area contributed by atoms with Gasteiger partial charge in [0.15, 0.2) is 9.84 Å². The molecule has 0 aliphatic heterocycles. The molecule has 0 aliphatic carbocycles. The number of sulfone groups is 1. The van der Waals surface area contributed by atoms with Crippen molar-refractivity contribution in [1.82, 2.24) is 5.32 Å². The Labute approximate surface area is 137 Å². The zero-order valence-corrected chi connectivity index (χ0v) is 15.6. The van der Waals surface area contributed by atoms with Crippen molar-refractivity contribution in [3.63, 3.8) is 0 Å². The maximum Gasteiger partial charge on any atom is 0.150 e. The number of hydrogen-bond acceptors (Lipinski definition) is 4. The average molecular weight is 429 g/mol. The van der Waals surface area contributed by atoms with Crippen LogP contribution in [0.25, 0.3) is 0 Å². The Morgan fingerprint density at radius 2 is 1.85 bits per heavy atom. The number of ether oxygens (including phenoxy) is 1. The molecule has 0 spiro atoms. The number of rotatable bonds is 8. The highest BCUT2D eigenvalue weighted by atomic mass is 79.9. The minimum Gasteiger partial charge on any atom is -0.490 e. The van der Waals surface area contributed by atoms with Crippen molar-refractivity contribution in [3.8, 4) is 5.75 Å². The molecule has 7 heteroatoms. The van der Waals surface area contributed by atoms with Gasteiger partial charge in [0, 0.05) is 12.8 Å². The molecule has 0 heterocycles. The molecule has 1 aromatic rings. The SMILES string of the molecule is CCCNCc1cc(Br)c(OCCS(C)(=O)=O)c(Br)c1. The molecule has 1 rings (SSSR count). The highest BCUT2D eigenvalue weighted by Crippen LogP contribution is 2.34. The standard InChI is InChI=1S/C13H19Br2NO3S/c1-3-4-16-9-10-7-11(14)13(12(15)8-10)19-5-6-20(2,17)18/h7-8,16H,3-6,9H2,1-2H3. The zero-order chi connectivity index (χ0) is 15.2. The Hall–Kier alpha value is -0.110. The van der Waals surface area contributed by atoms with Crippen LogP contribution in [0, 0.1) is 0 Å². The van der Waals surface area contributed by atoms with Crippen LogP contribution in [0.15, 0.2) is 21.1 Å². The van der Waals surface area contributed by atoms with E-state index in [1.807, 2.05) is 12.1 Å². The van der Waals surface area contributed by atoms with Crippen molar-refractivity contribution in [2.45, 2.75) is 19.9 Å². The summed E-state index contributed by atoms with van der Waals surface area (Å²) in [4.78, 5) is 0.